The van der Waals surface area contributed by atoms with Gasteiger partial charge in [0, 0.05) is 31.7 Å². The largest absolute Gasteiger partial charge is 0.507 e. The molecule has 9 heteroatoms. The van der Waals surface area contributed by atoms with E-state index in [-0.39, 0.29) is 23.4 Å². The molecule has 1 atom stereocenters. The van der Waals surface area contributed by atoms with Crippen molar-refractivity contribution in [2.75, 3.05) is 46.5 Å². The number of nitrogens with zero attached hydrogens (tertiary/aromatic N) is 2. The lowest BCUT2D eigenvalue weighted by molar-refractivity contribution is -0.140. The van der Waals surface area contributed by atoms with Crippen molar-refractivity contribution in [3.63, 3.8) is 0 Å². The normalized spacial score (nSPS) is 20.9. The van der Waals surface area contributed by atoms with Gasteiger partial charge >= 0.3 is 0 Å². The molecule has 1 amide bonds. The van der Waals surface area contributed by atoms with Crippen LogP contribution in [0.2, 0.25) is 0 Å². The molecule has 2 saturated heterocycles. The summed E-state index contributed by atoms with van der Waals surface area (Å²) in [6.07, 6.45) is 0. The quantitative estimate of drug-likeness (QED) is 0.408. The fraction of sp³-hybridized carbons (Fsp3) is 0.333. The number of hydrogen-bond donors (Lipinski definition) is 1. The number of rotatable bonds is 6. The van der Waals surface area contributed by atoms with Crippen LogP contribution in [0, 0.1) is 11.6 Å². The van der Waals surface area contributed by atoms with Crippen LogP contribution >= 0.6 is 0 Å². The van der Waals surface area contributed by atoms with Gasteiger partial charge in [0.25, 0.3) is 11.7 Å². The highest BCUT2D eigenvalue weighted by Crippen LogP contribution is 2.39. The Kier molecular flexibility index (Phi) is 6.71. The highest BCUT2D eigenvalue weighted by atomic mass is 19.1. The number of ether oxygens (including phenoxy) is 2. The molecule has 2 aromatic rings. The van der Waals surface area contributed by atoms with Gasteiger partial charge in [0.15, 0.2) is 11.6 Å². The van der Waals surface area contributed by atoms with Gasteiger partial charge in [0.05, 0.1) is 31.9 Å². The van der Waals surface area contributed by atoms with Gasteiger partial charge in [-0.1, -0.05) is 12.1 Å². The Balaban J connectivity index is 1.75. The zero-order chi connectivity index (χ0) is 23.5. The molecule has 7 nitrogen and oxygen atoms in total. The predicted octanol–water partition coefficient (Wildman–Crippen LogP) is 2.73. The maximum atomic E-state index is 14.3. The van der Waals surface area contributed by atoms with Crippen molar-refractivity contribution >= 4 is 17.4 Å². The average Bonchev–Trinajstić information content (AvgIpc) is 3.07. The summed E-state index contributed by atoms with van der Waals surface area (Å²) >= 11 is 0. The van der Waals surface area contributed by atoms with Crippen LogP contribution in [0.25, 0.3) is 5.76 Å². The van der Waals surface area contributed by atoms with Crippen molar-refractivity contribution < 1.29 is 33.0 Å². The number of aliphatic hydroxyl groups is 1. The van der Waals surface area contributed by atoms with Crippen molar-refractivity contribution in [1.29, 1.82) is 0 Å². The summed E-state index contributed by atoms with van der Waals surface area (Å²) in [5.74, 6) is -3.53. The van der Waals surface area contributed by atoms with Gasteiger partial charge in [-0.3, -0.25) is 14.5 Å². The summed E-state index contributed by atoms with van der Waals surface area (Å²) < 4.78 is 38.6. The van der Waals surface area contributed by atoms with Crippen molar-refractivity contribution in [1.82, 2.24) is 9.80 Å². The van der Waals surface area contributed by atoms with Gasteiger partial charge in [-0.05, 0) is 35.9 Å². The molecule has 0 saturated carbocycles. The number of halogens is 2. The monoisotopic (exact) mass is 458 g/mol. The van der Waals surface area contributed by atoms with Crippen LogP contribution in [-0.2, 0) is 14.3 Å². The number of carbonyl (C=O) groups excluding carboxylic acids is 2. The van der Waals surface area contributed by atoms with Gasteiger partial charge in [-0.2, -0.15) is 0 Å². The molecule has 2 heterocycles. The summed E-state index contributed by atoms with van der Waals surface area (Å²) in [6, 6.07) is 8.26. The van der Waals surface area contributed by atoms with E-state index in [1.807, 2.05) is 0 Å². The minimum atomic E-state index is -1.01. The number of morpholine rings is 1. The highest BCUT2D eigenvalue weighted by molar-refractivity contribution is 6.46. The Morgan fingerprint density at radius 3 is 2.55 bits per heavy atom. The van der Waals surface area contributed by atoms with Crippen molar-refractivity contribution in [3.8, 4) is 5.75 Å². The molecule has 4 rings (SSSR count). The Hall–Kier alpha value is -3.30. The molecule has 2 fully saturated rings. The number of methoxy groups -OCH3 is 1. The van der Waals surface area contributed by atoms with Crippen LogP contribution in [0.15, 0.2) is 48.0 Å². The Morgan fingerprint density at radius 1 is 1.12 bits per heavy atom. The van der Waals surface area contributed by atoms with Gasteiger partial charge in [-0.15, -0.1) is 0 Å². The number of Topliss-reactive ketones (excluding diaryl/α,β-unsaturated/α-hetero) is 1. The molecule has 0 aromatic heterocycles. The van der Waals surface area contributed by atoms with Gasteiger partial charge < -0.3 is 19.5 Å². The van der Waals surface area contributed by atoms with Crippen LogP contribution in [0.1, 0.15) is 17.2 Å². The fourth-order valence-corrected chi connectivity index (χ4v) is 4.18. The standard InChI is InChI=1S/C24H24F2N2O5/c1-32-19-6-5-16(14-18(19)26)22(29)20-21(15-3-2-4-17(25)13-15)28(24(31)23(20)30)8-7-27-9-11-33-12-10-27/h2-6,13-14,21,29H,7-12H2,1H3/b22-20+/t21-/m0/s1. The first-order valence-electron chi connectivity index (χ1n) is 10.6. The molecule has 2 aliphatic heterocycles. The van der Waals surface area contributed by atoms with E-state index in [0.717, 1.165) is 6.07 Å². The highest BCUT2D eigenvalue weighted by Gasteiger charge is 2.46. The van der Waals surface area contributed by atoms with E-state index >= 15 is 0 Å². The third-order valence-corrected chi connectivity index (χ3v) is 5.89. The van der Waals surface area contributed by atoms with E-state index in [9.17, 15) is 23.5 Å². The summed E-state index contributed by atoms with van der Waals surface area (Å²) in [7, 11) is 1.31. The Morgan fingerprint density at radius 2 is 1.88 bits per heavy atom. The van der Waals surface area contributed by atoms with E-state index in [1.165, 1.54) is 42.3 Å². The van der Waals surface area contributed by atoms with E-state index < -0.39 is 35.1 Å². The van der Waals surface area contributed by atoms with Gasteiger partial charge in [0.2, 0.25) is 0 Å². The Labute approximate surface area is 189 Å². The number of benzene rings is 2. The van der Waals surface area contributed by atoms with E-state index in [1.54, 1.807) is 6.07 Å². The zero-order valence-electron chi connectivity index (χ0n) is 18.1. The molecule has 0 aliphatic carbocycles. The maximum absolute atomic E-state index is 14.3. The lowest BCUT2D eigenvalue weighted by Crippen LogP contribution is -2.42. The smallest absolute Gasteiger partial charge is 0.295 e. The molecule has 0 bridgehead atoms. The van der Waals surface area contributed by atoms with Crippen LogP contribution in [0.5, 0.6) is 5.75 Å². The number of hydrogen-bond acceptors (Lipinski definition) is 6. The molecular formula is C24H24F2N2O5. The van der Waals surface area contributed by atoms with E-state index in [0.29, 0.717) is 38.4 Å². The number of carbonyl (C=O) groups is 2. The topological polar surface area (TPSA) is 79.3 Å². The number of amides is 1. The number of ketones is 1. The molecule has 33 heavy (non-hydrogen) atoms. The first-order chi connectivity index (χ1) is 15.9. The first-order valence-corrected chi connectivity index (χ1v) is 10.6. The molecule has 2 aliphatic rings. The predicted molar refractivity (Wildman–Crippen MR) is 116 cm³/mol. The van der Waals surface area contributed by atoms with Gasteiger partial charge in [-0.25, -0.2) is 8.78 Å². The Bertz CT molecular complexity index is 1100. The van der Waals surface area contributed by atoms with Crippen LogP contribution in [0.4, 0.5) is 8.78 Å². The third kappa shape index (κ3) is 4.60. The second-order valence-corrected chi connectivity index (χ2v) is 7.85. The lowest BCUT2D eigenvalue weighted by Gasteiger charge is -2.31. The molecule has 1 N–H and O–H groups in total. The maximum Gasteiger partial charge on any atom is 0.295 e. The summed E-state index contributed by atoms with van der Waals surface area (Å²) in [4.78, 5) is 29.4. The first kappa shape index (κ1) is 22.9. The van der Waals surface area contributed by atoms with Crippen molar-refractivity contribution in [2.45, 2.75) is 6.04 Å². The summed E-state index contributed by atoms with van der Waals surface area (Å²) in [5, 5.41) is 11.0. The second-order valence-electron chi connectivity index (χ2n) is 7.85. The summed E-state index contributed by atoms with van der Waals surface area (Å²) in [6.45, 7) is 3.22. The SMILES string of the molecule is COc1ccc(/C(O)=C2\C(=O)C(=O)N(CCN3CCOCC3)[C@H]2c2cccc(F)c2)cc1F. The van der Waals surface area contributed by atoms with Crippen molar-refractivity contribution in [3.05, 3.63) is 70.8 Å². The minimum Gasteiger partial charge on any atom is -0.507 e. The molecule has 0 radical (unpaired) electrons. The number of likely N-dealkylation sites (tertiary alicyclic amines) is 1. The average molecular weight is 458 g/mol. The second kappa shape index (κ2) is 9.68. The van der Waals surface area contributed by atoms with Crippen LogP contribution in [-0.4, -0.2) is 73.1 Å². The molecule has 174 valence electrons. The fourth-order valence-electron chi connectivity index (χ4n) is 4.18. The molecule has 2 aromatic carbocycles. The van der Waals surface area contributed by atoms with E-state index in [2.05, 4.69) is 4.90 Å². The zero-order valence-corrected chi connectivity index (χ0v) is 18.1. The molecular weight excluding hydrogens is 434 g/mol. The third-order valence-electron chi connectivity index (χ3n) is 5.89. The van der Waals surface area contributed by atoms with Gasteiger partial charge in [0.1, 0.15) is 11.6 Å². The van der Waals surface area contributed by atoms with E-state index in [4.69, 9.17) is 9.47 Å². The lowest BCUT2D eigenvalue weighted by atomic mass is 9.95. The van der Waals surface area contributed by atoms with Crippen molar-refractivity contribution in [2.24, 2.45) is 0 Å². The van der Waals surface area contributed by atoms with Crippen LogP contribution in [0.3, 0.4) is 0 Å². The molecule has 0 spiro atoms. The summed E-state index contributed by atoms with van der Waals surface area (Å²) in [5.41, 5.74) is 0.143. The number of aliphatic hydroxyl groups excluding tert-OH is 1. The minimum absolute atomic E-state index is 0.0147. The van der Waals surface area contributed by atoms with Crippen LogP contribution < -0.4 is 4.74 Å². The molecule has 0 unspecified atom stereocenters.